The first kappa shape index (κ1) is 13.6. The number of piperazine rings is 1. The number of aromatic hydroxyl groups is 1. The van der Waals surface area contributed by atoms with Gasteiger partial charge in [0.1, 0.15) is 11.6 Å². The van der Waals surface area contributed by atoms with Gasteiger partial charge in [0.15, 0.2) is 0 Å². The van der Waals surface area contributed by atoms with E-state index in [1.54, 1.807) is 6.07 Å². The lowest BCUT2D eigenvalue weighted by Gasteiger charge is -2.35. The quantitative estimate of drug-likeness (QED) is 0.873. The number of nitrogens with zero attached hydrogens (tertiary/aromatic N) is 3. The van der Waals surface area contributed by atoms with E-state index in [1.165, 1.54) is 12.4 Å². The molecule has 0 aliphatic carbocycles. The first-order chi connectivity index (χ1) is 10.2. The van der Waals surface area contributed by atoms with Crippen molar-refractivity contribution in [3.63, 3.8) is 0 Å². The fraction of sp³-hybridized carbons (Fsp3) is 0.333. The third kappa shape index (κ3) is 3.22. The van der Waals surface area contributed by atoms with Crippen molar-refractivity contribution in [2.75, 3.05) is 31.1 Å². The fourth-order valence-electron chi connectivity index (χ4n) is 2.55. The first-order valence-electron chi connectivity index (χ1n) is 7.01. The highest BCUT2D eigenvalue weighted by Gasteiger charge is 2.19. The minimum Gasteiger partial charge on any atom is -0.508 e. The van der Waals surface area contributed by atoms with Crippen LogP contribution in [0, 0.1) is 0 Å². The van der Waals surface area contributed by atoms with Crippen molar-refractivity contribution >= 4 is 5.82 Å². The molecule has 2 aromatic rings. The second-order valence-electron chi connectivity index (χ2n) is 5.16. The molecule has 21 heavy (non-hydrogen) atoms. The van der Waals surface area contributed by atoms with Gasteiger partial charge in [0, 0.05) is 44.4 Å². The van der Waals surface area contributed by atoms with Gasteiger partial charge in [0.2, 0.25) is 0 Å². The maximum atomic E-state index is 11.3. The van der Waals surface area contributed by atoms with E-state index in [0.717, 1.165) is 44.1 Å². The Morgan fingerprint density at radius 3 is 2.67 bits per heavy atom. The molecular formula is C15H18N4O2. The number of hydrogen-bond acceptors (Lipinski definition) is 5. The number of hydrogen-bond donors (Lipinski definition) is 2. The van der Waals surface area contributed by atoms with Crippen LogP contribution in [0.1, 0.15) is 5.56 Å². The third-order valence-corrected chi connectivity index (χ3v) is 3.75. The van der Waals surface area contributed by atoms with Gasteiger partial charge in [-0.15, -0.1) is 0 Å². The van der Waals surface area contributed by atoms with Crippen LogP contribution in [0.25, 0.3) is 0 Å². The highest BCUT2D eigenvalue weighted by Crippen LogP contribution is 2.19. The minimum atomic E-state index is -0.128. The van der Waals surface area contributed by atoms with Crippen molar-refractivity contribution in [1.29, 1.82) is 0 Å². The summed E-state index contributed by atoms with van der Waals surface area (Å²) in [6, 6.07) is 8.95. The summed E-state index contributed by atoms with van der Waals surface area (Å²) < 4.78 is 0. The van der Waals surface area contributed by atoms with Crippen LogP contribution in [-0.2, 0) is 6.54 Å². The number of anilines is 1. The Morgan fingerprint density at radius 1 is 1.19 bits per heavy atom. The normalized spacial score (nSPS) is 16.1. The van der Waals surface area contributed by atoms with Crippen molar-refractivity contribution in [3.05, 3.63) is 52.6 Å². The number of rotatable bonds is 3. The van der Waals surface area contributed by atoms with Gasteiger partial charge in [-0.3, -0.25) is 9.69 Å². The second-order valence-corrected chi connectivity index (χ2v) is 5.16. The van der Waals surface area contributed by atoms with Gasteiger partial charge in [-0.05, 0) is 6.07 Å². The molecule has 0 bridgehead atoms. The monoisotopic (exact) mass is 286 g/mol. The summed E-state index contributed by atoms with van der Waals surface area (Å²) in [7, 11) is 0. The molecule has 1 aliphatic heterocycles. The minimum absolute atomic E-state index is 0.128. The smallest absolute Gasteiger partial charge is 0.252 e. The Kier molecular flexibility index (Phi) is 3.87. The van der Waals surface area contributed by atoms with E-state index >= 15 is 0 Å². The maximum Gasteiger partial charge on any atom is 0.252 e. The summed E-state index contributed by atoms with van der Waals surface area (Å²) in [5.41, 5.74) is 0.817. The fourth-order valence-corrected chi connectivity index (χ4v) is 2.55. The summed E-state index contributed by atoms with van der Waals surface area (Å²) >= 11 is 0. The van der Waals surface area contributed by atoms with Crippen LogP contribution < -0.4 is 10.5 Å². The van der Waals surface area contributed by atoms with Crippen molar-refractivity contribution < 1.29 is 5.11 Å². The molecule has 0 amide bonds. The van der Waals surface area contributed by atoms with E-state index in [2.05, 4.69) is 19.8 Å². The average Bonchev–Trinajstić information content (AvgIpc) is 2.50. The average molecular weight is 286 g/mol. The molecule has 110 valence electrons. The molecule has 2 heterocycles. The van der Waals surface area contributed by atoms with Crippen molar-refractivity contribution in [2.45, 2.75) is 6.54 Å². The van der Waals surface area contributed by atoms with Gasteiger partial charge in [0.05, 0.1) is 6.33 Å². The Bertz CT molecular complexity index is 662. The summed E-state index contributed by atoms with van der Waals surface area (Å²) in [5.74, 6) is 1.07. The summed E-state index contributed by atoms with van der Waals surface area (Å²) in [6.07, 6.45) is 1.44. The molecule has 6 heteroatoms. The van der Waals surface area contributed by atoms with E-state index in [-0.39, 0.29) is 5.56 Å². The highest BCUT2D eigenvalue weighted by molar-refractivity contribution is 5.37. The number of benzene rings is 1. The molecule has 3 rings (SSSR count). The van der Waals surface area contributed by atoms with Gasteiger partial charge in [-0.1, -0.05) is 18.2 Å². The van der Waals surface area contributed by atoms with E-state index in [0.29, 0.717) is 5.75 Å². The standard InChI is InChI=1S/C15H18N4O2/c20-13-4-2-1-3-12(13)10-18-5-7-19(8-6-18)14-9-15(21)17-11-16-14/h1-4,9,11,20H,5-8,10H2,(H,16,17,21). The number of aromatic amines is 1. The Labute approximate surface area is 122 Å². The number of phenolic OH excluding ortho intramolecular Hbond substituents is 1. The van der Waals surface area contributed by atoms with E-state index in [1.807, 2.05) is 18.2 Å². The number of para-hydroxylation sites is 1. The lowest BCUT2D eigenvalue weighted by Crippen LogP contribution is -2.46. The van der Waals surface area contributed by atoms with Crippen molar-refractivity contribution in [2.24, 2.45) is 0 Å². The number of H-pyrrole nitrogens is 1. The SMILES string of the molecule is O=c1cc(N2CCN(Cc3ccccc3O)CC2)nc[nH]1. The van der Waals surface area contributed by atoms with Gasteiger partial charge in [-0.25, -0.2) is 4.98 Å². The molecule has 1 aromatic carbocycles. The molecule has 1 fully saturated rings. The largest absolute Gasteiger partial charge is 0.508 e. The third-order valence-electron chi connectivity index (χ3n) is 3.75. The molecule has 0 spiro atoms. The predicted molar refractivity (Wildman–Crippen MR) is 80.5 cm³/mol. The second kappa shape index (κ2) is 5.97. The van der Waals surface area contributed by atoms with Crippen LogP contribution in [0.2, 0.25) is 0 Å². The Balaban J connectivity index is 1.60. The maximum absolute atomic E-state index is 11.3. The van der Waals surface area contributed by atoms with Crippen LogP contribution in [0.4, 0.5) is 5.82 Å². The number of aromatic nitrogens is 2. The number of phenols is 1. The van der Waals surface area contributed by atoms with E-state index in [9.17, 15) is 9.90 Å². The molecule has 1 aliphatic rings. The molecule has 0 atom stereocenters. The van der Waals surface area contributed by atoms with Gasteiger partial charge < -0.3 is 15.0 Å². The zero-order chi connectivity index (χ0) is 14.7. The van der Waals surface area contributed by atoms with Crippen LogP contribution in [0.5, 0.6) is 5.75 Å². The van der Waals surface area contributed by atoms with Crippen LogP contribution >= 0.6 is 0 Å². The molecule has 2 N–H and O–H groups in total. The Hall–Kier alpha value is -2.34. The van der Waals surface area contributed by atoms with Gasteiger partial charge >= 0.3 is 0 Å². The Morgan fingerprint density at radius 2 is 1.95 bits per heavy atom. The zero-order valence-electron chi connectivity index (χ0n) is 11.7. The predicted octanol–water partition coefficient (Wildman–Crippen LogP) is 0.798. The summed E-state index contributed by atoms with van der Waals surface area (Å²) in [6.45, 7) is 4.14. The molecule has 0 radical (unpaired) electrons. The molecule has 0 saturated carbocycles. The summed E-state index contributed by atoms with van der Waals surface area (Å²) in [4.78, 5) is 22.4. The lowest BCUT2D eigenvalue weighted by molar-refractivity contribution is 0.246. The highest BCUT2D eigenvalue weighted by atomic mass is 16.3. The molecule has 1 aromatic heterocycles. The van der Waals surface area contributed by atoms with E-state index in [4.69, 9.17) is 0 Å². The van der Waals surface area contributed by atoms with Crippen LogP contribution in [0.3, 0.4) is 0 Å². The molecule has 6 nitrogen and oxygen atoms in total. The topological polar surface area (TPSA) is 72.5 Å². The van der Waals surface area contributed by atoms with Crippen LogP contribution in [-0.4, -0.2) is 46.2 Å². The first-order valence-corrected chi connectivity index (χ1v) is 7.01. The van der Waals surface area contributed by atoms with E-state index < -0.39 is 0 Å². The van der Waals surface area contributed by atoms with Crippen molar-refractivity contribution in [3.8, 4) is 5.75 Å². The van der Waals surface area contributed by atoms with Crippen molar-refractivity contribution in [1.82, 2.24) is 14.9 Å². The molecule has 1 saturated heterocycles. The van der Waals surface area contributed by atoms with Gasteiger partial charge in [0.25, 0.3) is 5.56 Å². The van der Waals surface area contributed by atoms with Crippen LogP contribution in [0.15, 0.2) is 41.5 Å². The zero-order valence-corrected chi connectivity index (χ0v) is 11.7. The summed E-state index contributed by atoms with van der Waals surface area (Å²) in [5, 5.41) is 9.82. The molecular weight excluding hydrogens is 268 g/mol. The molecule has 0 unspecified atom stereocenters. The van der Waals surface area contributed by atoms with Gasteiger partial charge in [-0.2, -0.15) is 0 Å². The lowest BCUT2D eigenvalue weighted by atomic mass is 10.1. The number of nitrogens with one attached hydrogen (secondary N) is 1.